The molecule has 0 saturated carbocycles. The maximum absolute atomic E-state index is 13.7. The fourth-order valence-corrected chi connectivity index (χ4v) is 3.74. The number of hydrogen-bond acceptors (Lipinski definition) is 6. The summed E-state index contributed by atoms with van der Waals surface area (Å²) in [5.41, 5.74) is 13.3. The Morgan fingerprint density at radius 2 is 2.19 bits per heavy atom. The summed E-state index contributed by atoms with van der Waals surface area (Å²) in [5.74, 6) is 0.202. The first kappa shape index (κ1) is 17.0. The molecule has 0 radical (unpaired) electrons. The quantitative estimate of drug-likeness (QED) is 0.755. The molecule has 7 nitrogen and oxygen atoms in total. The minimum Gasteiger partial charge on any atom is -0.398 e. The normalized spacial score (nSPS) is 28.4. The second-order valence-electron chi connectivity index (χ2n) is 7.55. The molecule has 2 aliphatic rings. The molecular formula is C18H23FN6O. The fourth-order valence-electron chi connectivity index (χ4n) is 3.74. The van der Waals surface area contributed by atoms with Gasteiger partial charge in [0.25, 0.3) is 0 Å². The van der Waals surface area contributed by atoms with Crippen molar-refractivity contribution in [2.45, 2.75) is 38.0 Å². The number of nitrogens with two attached hydrogens (primary N) is 2. The van der Waals surface area contributed by atoms with Gasteiger partial charge >= 0.3 is 0 Å². The van der Waals surface area contributed by atoms with E-state index in [0.29, 0.717) is 29.5 Å². The predicted octanol–water partition coefficient (Wildman–Crippen LogP) is 1.48. The zero-order chi connectivity index (χ0) is 18.5. The van der Waals surface area contributed by atoms with Crippen molar-refractivity contribution in [3.8, 4) is 0 Å². The Kier molecular flexibility index (Phi) is 3.78. The third kappa shape index (κ3) is 2.75. The summed E-state index contributed by atoms with van der Waals surface area (Å²) >= 11 is 0. The van der Waals surface area contributed by atoms with Crippen LogP contribution < -0.4 is 16.8 Å². The fraction of sp³-hybridized carbons (Fsp3) is 0.444. The lowest BCUT2D eigenvalue weighted by molar-refractivity contribution is -0.0824. The van der Waals surface area contributed by atoms with Gasteiger partial charge in [-0.15, -0.1) is 0 Å². The highest BCUT2D eigenvalue weighted by Gasteiger charge is 2.44. The summed E-state index contributed by atoms with van der Waals surface area (Å²) in [6.45, 7) is 4.70. The zero-order valence-corrected chi connectivity index (χ0v) is 14.9. The van der Waals surface area contributed by atoms with Crippen LogP contribution in [0, 0.1) is 11.7 Å². The molecule has 0 aromatic carbocycles. The van der Waals surface area contributed by atoms with Gasteiger partial charge in [0.1, 0.15) is 17.2 Å². The van der Waals surface area contributed by atoms with E-state index in [2.05, 4.69) is 10.3 Å². The molecule has 4 rings (SSSR count). The van der Waals surface area contributed by atoms with Gasteiger partial charge in [0.05, 0.1) is 17.5 Å². The summed E-state index contributed by atoms with van der Waals surface area (Å²) in [6, 6.07) is 2.99. The molecule has 2 atom stereocenters. The third-order valence-electron chi connectivity index (χ3n) is 5.16. The van der Waals surface area contributed by atoms with Crippen LogP contribution in [0.15, 0.2) is 41.4 Å². The van der Waals surface area contributed by atoms with Gasteiger partial charge in [0.15, 0.2) is 11.5 Å². The van der Waals surface area contributed by atoms with Gasteiger partial charge in [0.2, 0.25) is 0 Å². The van der Waals surface area contributed by atoms with E-state index in [1.807, 2.05) is 13.8 Å². The van der Waals surface area contributed by atoms with E-state index in [1.165, 1.54) is 12.3 Å². The zero-order valence-electron chi connectivity index (χ0n) is 14.9. The molecule has 2 aliphatic heterocycles. The van der Waals surface area contributed by atoms with E-state index in [9.17, 15) is 4.39 Å². The second-order valence-corrected chi connectivity index (χ2v) is 7.55. The second kappa shape index (κ2) is 5.78. The summed E-state index contributed by atoms with van der Waals surface area (Å²) in [5, 5.41) is 3.07. The van der Waals surface area contributed by atoms with Crippen molar-refractivity contribution in [3.05, 3.63) is 47.9 Å². The number of ether oxygens (including phenoxy) is 1. The number of nitrogens with zero attached hydrogens (tertiary/aromatic N) is 3. The molecule has 138 valence electrons. The number of imidazole rings is 1. The van der Waals surface area contributed by atoms with Crippen LogP contribution in [0.2, 0.25) is 0 Å². The third-order valence-corrected chi connectivity index (χ3v) is 5.16. The Morgan fingerprint density at radius 3 is 2.96 bits per heavy atom. The summed E-state index contributed by atoms with van der Waals surface area (Å²) in [7, 11) is 0. The van der Waals surface area contributed by atoms with E-state index >= 15 is 0 Å². The van der Waals surface area contributed by atoms with E-state index in [0.717, 1.165) is 12.8 Å². The van der Waals surface area contributed by atoms with Crippen molar-refractivity contribution in [1.82, 2.24) is 14.7 Å². The minimum atomic E-state index is -1.04. The van der Waals surface area contributed by atoms with Gasteiger partial charge < -0.3 is 21.5 Å². The van der Waals surface area contributed by atoms with Crippen LogP contribution in [-0.2, 0) is 4.74 Å². The minimum absolute atomic E-state index is 0.0375. The first-order chi connectivity index (χ1) is 12.3. The topological polar surface area (TPSA) is 103 Å². The van der Waals surface area contributed by atoms with Crippen molar-refractivity contribution in [2.75, 3.05) is 6.61 Å². The first-order valence-corrected chi connectivity index (χ1v) is 8.67. The molecule has 0 amide bonds. The van der Waals surface area contributed by atoms with Crippen LogP contribution in [0.3, 0.4) is 0 Å². The first-order valence-electron chi connectivity index (χ1n) is 8.67. The monoisotopic (exact) mass is 358 g/mol. The number of halogens is 1. The lowest BCUT2D eigenvalue weighted by Gasteiger charge is -2.44. The van der Waals surface area contributed by atoms with Crippen molar-refractivity contribution >= 4 is 11.5 Å². The molecule has 2 aromatic heterocycles. The average Bonchev–Trinajstić information content (AvgIpc) is 2.99. The number of nitrogens with one attached hydrogen (secondary N) is 1. The predicted molar refractivity (Wildman–Crippen MR) is 96.8 cm³/mol. The van der Waals surface area contributed by atoms with Crippen LogP contribution in [0.25, 0.3) is 5.65 Å². The Bertz CT molecular complexity index is 918. The highest BCUT2D eigenvalue weighted by molar-refractivity contribution is 5.99. The Balaban J connectivity index is 1.76. The van der Waals surface area contributed by atoms with Crippen molar-refractivity contribution in [1.29, 1.82) is 0 Å². The van der Waals surface area contributed by atoms with E-state index in [1.54, 1.807) is 22.9 Å². The SMILES string of the molecule is CC1(C)CC(C2(N)N=C(c3cnc4ccc(F)cn34)NC=C2N)CCO1. The molecule has 0 aliphatic carbocycles. The van der Waals surface area contributed by atoms with Gasteiger partial charge in [-0.3, -0.25) is 4.40 Å². The van der Waals surface area contributed by atoms with Gasteiger partial charge in [-0.25, -0.2) is 14.4 Å². The summed E-state index contributed by atoms with van der Waals surface area (Å²) < 4.78 is 21.1. The maximum atomic E-state index is 13.7. The molecule has 0 bridgehead atoms. The summed E-state index contributed by atoms with van der Waals surface area (Å²) in [6.07, 6.45) is 6.21. The van der Waals surface area contributed by atoms with Crippen LogP contribution in [0.5, 0.6) is 0 Å². The molecule has 8 heteroatoms. The average molecular weight is 358 g/mol. The van der Waals surface area contributed by atoms with Crippen LogP contribution in [0.4, 0.5) is 4.39 Å². The number of hydrogen-bond donors (Lipinski definition) is 3. The molecule has 26 heavy (non-hydrogen) atoms. The van der Waals surface area contributed by atoms with E-state index in [-0.39, 0.29) is 17.3 Å². The Morgan fingerprint density at radius 1 is 1.38 bits per heavy atom. The Labute approximate surface area is 150 Å². The van der Waals surface area contributed by atoms with Crippen LogP contribution in [-0.4, -0.2) is 33.1 Å². The van der Waals surface area contributed by atoms with Crippen LogP contribution in [0.1, 0.15) is 32.4 Å². The van der Waals surface area contributed by atoms with E-state index in [4.69, 9.17) is 21.2 Å². The molecule has 4 heterocycles. The lowest BCUT2D eigenvalue weighted by atomic mass is 9.78. The van der Waals surface area contributed by atoms with Gasteiger partial charge in [-0.05, 0) is 38.8 Å². The van der Waals surface area contributed by atoms with E-state index < -0.39 is 5.66 Å². The smallest absolute Gasteiger partial charge is 0.154 e. The number of rotatable bonds is 2. The maximum Gasteiger partial charge on any atom is 0.154 e. The number of amidine groups is 1. The molecular weight excluding hydrogens is 335 g/mol. The van der Waals surface area contributed by atoms with Crippen LogP contribution >= 0.6 is 0 Å². The molecule has 1 saturated heterocycles. The summed E-state index contributed by atoms with van der Waals surface area (Å²) in [4.78, 5) is 9.06. The number of aromatic nitrogens is 2. The van der Waals surface area contributed by atoms with Crippen molar-refractivity contribution < 1.29 is 9.13 Å². The molecule has 1 fully saturated rings. The molecule has 5 N–H and O–H groups in total. The molecule has 2 unspecified atom stereocenters. The molecule has 2 aromatic rings. The Hall–Kier alpha value is -2.45. The van der Waals surface area contributed by atoms with Crippen molar-refractivity contribution in [3.63, 3.8) is 0 Å². The highest BCUT2D eigenvalue weighted by atomic mass is 19.1. The number of fused-ring (bicyclic) bond motifs is 1. The molecule has 0 spiro atoms. The number of aliphatic imine (C=N–C) groups is 1. The van der Waals surface area contributed by atoms with Gasteiger partial charge in [-0.1, -0.05) is 0 Å². The lowest BCUT2D eigenvalue weighted by Crippen LogP contribution is -2.57. The van der Waals surface area contributed by atoms with Gasteiger partial charge in [-0.2, -0.15) is 0 Å². The number of pyridine rings is 1. The van der Waals surface area contributed by atoms with Gasteiger partial charge in [0, 0.05) is 24.9 Å². The standard InChI is InChI=1S/C18H23FN6O/c1-17(2)7-11(5-6-26-17)18(21)14(20)9-23-16(24-18)13-8-22-15-4-3-12(19)10-25(13)15/h3-4,8-11H,5-7,20-21H2,1-2H3,(H,23,24). The highest BCUT2D eigenvalue weighted by Crippen LogP contribution is 2.38. The largest absolute Gasteiger partial charge is 0.398 e. The van der Waals surface area contributed by atoms with Crippen molar-refractivity contribution in [2.24, 2.45) is 22.4 Å².